The van der Waals surface area contributed by atoms with E-state index in [9.17, 15) is 4.79 Å². The smallest absolute Gasteiger partial charge is 0.225 e. The third kappa shape index (κ3) is 3.91. The zero-order valence-corrected chi connectivity index (χ0v) is 14.0. The van der Waals surface area contributed by atoms with Crippen LogP contribution in [0.3, 0.4) is 0 Å². The minimum Gasteiger partial charge on any atom is -0.516 e. The highest BCUT2D eigenvalue weighted by Crippen LogP contribution is 2.18. The van der Waals surface area contributed by atoms with Crippen LogP contribution in [-0.2, 0) is 0 Å². The summed E-state index contributed by atoms with van der Waals surface area (Å²) in [5.74, 6) is -0.165. The SMILES string of the molecule is C/C=C\c1[nH]c(C(=O)c2cc(C)c(/C=N\C(C)N)[nH]2)cc1/C=C/O. The van der Waals surface area contributed by atoms with Gasteiger partial charge in [-0.1, -0.05) is 6.08 Å². The van der Waals surface area contributed by atoms with Crippen molar-refractivity contribution in [3.63, 3.8) is 0 Å². The van der Waals surface area contributed by atoms with Gasteiger partial charge in [0.25, 0.3) is 0 Å². The fourth-order valence-electron chi connectivity index (χ4n) is 2.30. The van der Waals surface area contributed by atoms with Crippen LogP contribution in [0, 0.1) is 6.92 Å². The number of aliphatic hydroxyl groups excluding tert-OH is 1. The highest BCUT2D eigenvalue weighted by atomic mass is 16.2. The number of aliphatic hydroxyl groups is 1. The topological polar surface area (TPSA) is 107 Å². The van der Waals surface area contributed by atoms with Crippen molar-refractivity contribution in [2.75, 3.05) is 0 Å². The maximum absolute atomic E-state index is 12.7. The first-order valence-electron chi connectivity index (χ1n) is 7.65. The lowest BCUT2D eigenvalue weighted by molar-refractivity contribution is 0.103. The molecule has 0 saturated carbocycles. The number of aromatic amines is 2. The lowest BCUT2D eigenvalue weighted by Crippen LogP contribution is -2.11. The van der Waals surface area contributed by atoms with Crippen molar-refractivity contribution in [2.24, 2.45) is 10.7 Å². The number of H-pyrrole nitrogens is 2. The summed E-state index contributed by atoms with van der Waals surface area (Å²) in [7, 11) is 0. The number of carbonyl (C=O) groups is 1. The summed E-state index contributed by atoms with van der Waals surface area (Å²) in [6.45, 7) is 5.56. The molecule has 6 nitrogen and oxygen atoms in total. The predicted molar refractivity (Wildman–Crippen MR) is 97.4 cm³/mol. The molecule has 0 aliphatic rings. The molecule has 1 atom stereocenters. The molecule has 2 rings (SSSR count). The molecule has 6 heteroatoms. The fraction of sp³-hybridized carbons (Fsp3) is 0.222. The van der Waals surface area contributed by atoms with Gasteiger partial charge in [0, 0.05) is 17.5 Å². The largest absolute Gasteiger partial charge is 0.516 e. The number of aryl methyl sites for hydroxylation is 1. The Balaban J connectivity index is 2.35. The summed E-state index contributed by atoms with van der Waals surface area (Å²) in [4.78, 5) is 22.9. The summed E-state index contributed by atoms with van der Waals surface area (Å²) < 4.78 is 0. The number of nitrogens with one attached hydrogen (secondary N) is 2. The molecule has 2 aromatic rings. The zero-order chi connectivity index (χ0) is 17.7. The summed E-state index contributed by atoms with van der Waals surface area (Å²) in [5, 5.41) is 8.99. The number of allylic oxidation sites excluding steroid dienone is 1. The second-order valence-electron chi connectivity index (χ2n) is 5.50. The normalized spacial score (nSPS) is 13.5. The predicted octanol–water partition coefficient (Wildman–Crippen LogP) is 3.17. The summed E-state index contributed by atoms with van der Waals surface area (Å²) in [6, 6.07) is 3.48. The van der Waals surface area contributed by atoms with Gasteiger partial charge >= 0.3 is 0 Å². The molecule has 126 valence electrons. The number of nitrogens with zero attached hydrogens (tertiary/aromatic N) is 1. The third-order valence-corrected chi connectivity index (χ3v) is 3.45. The van der Waals surface area contributed by atoms with Crippen LogP contribution in [0.4, 0.5) is 0 Å². The third-order valence-electron chi connectivity index (χ3n) is 3.45. The van der Waals surface area contributed by atoms with E-state index in [2.05, 4.69) is 15.0 Å². The van der Waals surface area contributed by atoms with E-state index in [4.69, 9.17) is 10.8 Å². The molecule has 0 spiro atoms. The maximum Gasteiger partial charge on any atom is 0.225 e. The number of carbonyl (C=O) groups excluding carboxylic acids is 1. The van der Waals surface area contributed by atoms with E-state index in [0.717, 1.165) is 28.8 Å². The minimum absolute atomic E-state index is 0.165. The minimum atomic E-state index is -0.300. The molecule has 0 aliphatic carbocycles. The van der Waals surface area contributed by atoms with Crippen LogP contribution in [0.25, 0.3) is 12.2 Å². The number of nitrogens with two attached hydrogens (primary N) is 1. The molecule has 0 amide bonds. The van der Waals surface area contributed by atoms with Gasteiger partial charge in [-0.05, 0) is 50.6 Å². The van der Waals surface area contributed by atoms with Crippen molar-refractivity contribution in [1.29, 1.82) is 0 Å². The molecule has 24 heavy (non-hydrogen) atoms. The Labute approximate surface area is 140 Å². The van der Waals surface area contributed by atoms with Crippen LogP contribution in [0.2, 0.25) is 0 Å². The lowest BCUT2D eigenvalue weighted by atomic mass is 10.1. The van der Waals surface area contributed by atoms with Gasteiger partial charge in [-0.15, -0.1) is 0 Å². The molecule has 0 radical (unpaired) electrons. The van der Waals surface area contributed by atoms with E-state index in [1.165, 1.54) is 6.08 Å². The van der Waals surface area contributed by atoms with Crippen LogP contribution in [0.1, 0.15) is 52.5 Å². The number of rotatable bonds is 6. The first-order chi connectivity index (χ1) is 11.5. The van der Waals surface area contributed by atoms with Crippen LogP contribution >= 0.6 is 0 Å². The van der Waals surface area contributed by atoms with Gasteiger partial charge in [-0.2, -0.15) is 0 Å². The average molecular weight is 326 g/mol. The first-order valence-corrected chi connectivity index (χ1v) is 7.65. The zero-order valence-electron chi connectivity index (χ0n) is 14.0. The Hall–Kier alpha value is -2.86. The molecular formula is C18H22N4O2. The summed E-state index contributed by atoms with van der Waals surface area (Å²) in [6.07, 6.45) is 7.51. The Morgan fingerprint density at radius 2 is 1.92 bits per heavy atom. The van der Waals surface area contributed by atoms with Crippen LogP contribution in [-0.4, -0.2) is 33.2 Å². The van der Waals surface area contributed by atoms with E-state index in [1.807, 2.05) is 26.0 Å². The lowest BCUT2D eigenvalue weighted by Gasteiger charge is -1.96. The highest BCUT2D eigenvalue weighted by molar-refractivity contribution is 6.08. The Morgan fingerprint density at radius 1 is 1.25 bits per heavy atom. The highest BCUT2D eigenvalue weighted by Gasteiger charge is 2.16. The molecular weight excluding hydrogens is 304 g/mol. The average Bonchev–Trinajstić information content (AvgIpc) is 3.09. The quantitative estimate of drug-likeness (QED) is 0.372. The molecule has 0 bridgehead atoms. The van der Waals surface area contributed by atoms with E-state index >= 15 is 0 Å². The van der Waals surface area contributed by atoms with E-state index in [0.29, 0.717) is 11.4 Å². The number of aromatic nitrogens is 2. The van der Waals surface area contributed by atoms with Gasteiger partial charge < -0.3 is 20.8 Å². The van der Waals surface area contributed by atoms with Crippen LogP contribution < -0.4 is 5.73 Å². The van der Waals surface area contributed by atoms with Gasteiger partial charge in [0.05, 0.1) is 29.5 Å². The monoisotopic (exact) mass is 326 g/mol. The summed E-state index contributed by atoms with van der Waals surface area (Å²) >= 11 is 0. The molecule has 1 unspecified atom stereocenters. The molecule has 0 saturated heterocycles. The standard InChI is InChI=1S/C18H22N4O2/c1-4-5-14-13(6-7-23)9-16(21-14)18(24)15-8-11(2)17(22-15)10-20-12(3)19/h4-10,12,21-23H,19H2,1-3H3/b5-4-,7-6+,20-10-. The molecule has 0 aromatic carbocycles. The van der Waals surface area contributed by atoms with E-state index in [1.54, 1.807) is 25.3 Å². The van der Waals surface area contributed by atoms with Crippen molar-refractivity contribution in [1.82, 2.24) is 9.97 Å². The van der Waals surface area contributed by atoms with Crippen molar-refractivity contribution in [3.05, 3.63) is 58.4 Å². The van der Waals surface area contributed by atoms with Crippen molar-refractivity contribution >= 4 is 24.1 Å². The van der Waals surface area contributed by atoms with Crippen LogP contribution in [0.15, 0.2) is 29.5 Å². The fourth-order valence-corrected chi connectivity index (χ4v) is 2.30. The summed E-state index contributed by atoms with van der Waals surface area (Å²) in [5.41, 5.74) is 9.68. The number of hydrogen-bond donors (Lipinski definition) is 4. The molecule has 0 aliphatic heterocycles. The molecule has 2 heterocycles. The van der Waals surface area contributed by atoms with Crippen molar-refractivity contribution in [2.45, 2.75) is 26.9 Å². The second-order valence-corrected chi connectivity index (χ2v) is 5.50. The number of hydrogen-bond acceptors (Lipinski definition) is 4. The van der Waals surface area contributed by atoms with E-state index < -0.39 is 0 Å². The number of aliphatic imine (C=N–C) groups is 1. The Morgan fingerprint density at radius 3 is 2.54 bits per heavy atom. The number of ketones is 1. The Kier molecular flexibility index (Phi) is 5.55. The van der Waals surface area contributed by atoms with Crippen molar-refractivity contribution < 1.29 is 9.90 Å². The van der Waals surface area contributed by atoms with Gasteiger partial charge in [0.2, 0.25) is 5.78 Å². The maximum atomic E-state index is 12.7. The van der Waals surface area contributed by atoms with Crippen molar-refractivity contribution in [3.8, 4) is 0 Å². The Bertz CT molecular complexity index is 778. The van der Waals surface area contributed by atoms with Gasteiger partial charge in [-0.3, -0.25) is 9.79 Å². The van der Waals surface area contributed by atoms with Gasteiger partial charge in [-0.25, -0.2) is 0 Å². The molecule has 0 fully saturated rings. The molecule has 5 N–H and O–H groups in total. The second kappa shape index (κ2) is 7.61. The van der Waals surface area contributed by atoms with Gasteiger partial charge in [0.15, 0.2) is 0 Å². The van der Waals surface area contributed by atoms with Gasteiger partial charge in [0.1, 0.15) is 0 Å². The van der Waals surface area contributed by atoms with Crippen LogP contribution in [0.5, 0.6) is 0 Å². The van der Waals surface area contributed by atoms with E-state index in [-0.39, 0.29) is 11.9 Å². The molecule has 2 aromatic heterocycles. The first kappa shape index (κ1) is 17.5.